The molecule has 0 aromatic carbocycles. The van der Waals surface area contributed by atoms with Gasteiger partial charge < -0.3 is 5.73 Å². The van der Waals surface area contributed by atoms with Crippen LogP contribution in [0.3, 0.4) is 0 Å². The van der Waals surface area contributed by atoms with Gasteiger partial charge in [-0.15, -0.1) is 5.10 Å². The van der Waals surface area contributed by atoms with E-state index < -0.39 is 0 Å². The van der Waals surface area contributed by atoms with Crippen LogP contribution in [0.4, 0.5) is 5.13 Å². The third kappa shape index (κ3) is 1.55. The van der Waals surface area contributed by atoms with Gasteiger partial charge in [0.05, 0.1) is 22.3 Å². The van der Waals surface area contributed by atoms with Gasteiger partial charge in [-0.25, -0.2) is 9.67 Å². The maximum absolute atomic E-state index is 5.67. The van der Waals surface area contributed by atoms with E-state index >= 15 is 0 Å². The van der Waals surface area contributed by atoms with E-state index in [1.165, 1.54) is 11.3 Å². The van der Waals surface area contributed by atoms with Crippen molar-refractivity contribution in [2.24, 2.45) is 7.05 Å². The Labute approximate surface area is 101 Å². The normalized spacial score (nSPS) is 11.2. The van der Waals surface area contributed by atoms with Crippen LogP contribution in [0.1, 0.15) is 5.69 Å². The van der Waals surface area contributed by atoms with E-state index in [1.807, 2.05) is 20.0 Å². The molecule has 17 heavy (non-hydrogen) atoms. The molecule has 0 aliphatic rings. The number of thiazole rings is 1. The predicted octanol–water partition coefficient (Wildman–Crippen LogP) is 1.38. The van der Waals surface area contributed by atoms with Crippen molar-refractivity contribution in [2.75, 3.05) is 5.73 Å². The minimum absolute atomic E-state index is 0.554. The first kappa shape index (κ1) is 10.2. The van der Waals surface area contributed by atoms with Gasteiger partial charge in [0.15, 0.2) is 5.13 Å². The summed E-state index contributed by atoms with van der Waals surface area (Å²) in [5.74, 6) is 0. The second-order valence-electron chi connectivity index (χ2n) is 3.74. The third-order valence-electron chi connectivity index (χ3n) is 2.53. The van der Waals surface area contributed by atoms with Crippen molar-refractivity contribution in [3.05, 3.63) is 18.0 Å². The van der Waals surface area contributed by atoms with Gasteiger partial charge in [-0.2, -0.15) is 0 Å². The van der Waals surface area contributed by atoms with E-state index in [1.54, 1.807) is 10.9 Å². The standard InChI is InChI=1S/C10H10N6S/c1-5-9(16(2)15-14-5)6-3-8-7(4-12-6)13-10(11)17-8/h3-4H,1-2H3,(H2,11,13). The number of rotatable bonds is 1. The SMILES string of the molecule is Cc1nnn(C)c1-c1cc2sc(N)nc2cn1. The molecule has 86 valence electrons. The van der Waals surface area contributed by atoms with Crippen LogP contribution in [0.25, 0.3) is 21.6 Å². The molecule has 0 aliphatic heterocycles. The average molecular weight is 246 g/mol. The van der Waals surface area contributed by atoms with Gasteiger partial charge >= 0.3 is 0 Å². The van der Waals surface area contributed by atoms with Gasteiger partial charge in [0, 0.05) is 7.05 Å². The summed E-state index contributed by atoms with van der Waals surface area (Å²) in [6.45, 7) is 1.91. The molecular weight excluding hydrogens is 236 g/mol. The number of hydrogen-bond acceptors (Lipinski definition) is 6. The lowest BCUT2D eigenvalue weighted by atomic mass is 10.2. The van der Waals surface area contributed by atoms with E-state index in [0.717, 1.165) is 27.3 Å². The van der Waals surface area contributed by atoms with Crippen LogP contribution in [0, 0.1) is 6.92 Å². The Balaban J connectivity index is 2.24. The van der Waals surface area contributed by atoms with Crippen LogP contribution in [-0.4, -0.2) is 25.0 Å². The smallest absolute Gasteiger partial charge is 0.181 e. The lowest BCUT2D eigenvalue weighted by Crippen LogP contribution is -1.96. The first-order valence-corrected chi connectivity index (χ1v) is 5.85. The van der Waals surface area contributed by atoms with Crippen molar-refractivity contribution in [1.82, 2.24) is 25.0 Å². The lowest BCUT2D eigenvalue weighted by Gasteiger charge is -2.00. The fourth-order valence-electron chi connectivity index (χ4n) is 1.79. The average Bonchev–Trinajstić information content (AvgIpc) is 2.80. The van der Waals surface area contributed by atoms with Crippen LogP contribution in [0.15, 0.2) is 12.3 Å². The van der Waals surface area contributed by atoms with Gasteiger partial charge in [0.1, 0.15) is 11.2 Å². The molecule has 0 bridgehead atoms. The van der Waals surface area contributed by atoms with Crippen molar-refractivity contribution in [1.29, 1.82) is 0 Å². The highest BCUT2D eigenvalue weighted by atomic mass is 32.1. The number of nitrogens with two attached hydrogens (primary N) is 1. The monoisotopic (exact) mass is 246 g/mol. The molecule has 3 aromatic heterocycles. The summed E-state index contributed by atoms with van der Waals surface area (Å²) >= 11 is 1.45. The maximum Gasteiger partial charge on any atom is 0.181 e. The molecule has 7 heteroatoms. The second-order valence-corrected chi connectivity index (χ2v) is 4.80. The summed E-state index contributed by atoms with van der Waals surface area (Å²) in [6, 6.07) is 1.97. The van der Waals surface area contributed by atoms with Gasteiger partial charge in [0.25, 0.3) is 0 Å². The molecule has 0 aliphatic carbocycles. The summed E-state index contributed by atoms with van der Waals surface area (Å²) in [6.07, 6.45) is 1.73. The van der Waals surface area contributed by atoms with E-state index in [4.69, 9.17) is 5.73 Å². The number of anilines is 1. The molecule has 6 nitrogen and oxygen atoms in total. The topological polar surface area (TPSA) is 82.5 Å². The number of nitrogens with zero attached hydrogens (tertiary/aromatic N) is 5. The zero-order valence-corrected chi connectivity index (χ0v) is 10.2. The minimum atomic E-state index is 0.554. The Morgan fingerprint density at radius 3 is 2.94 bits per heavy atom. The highest BCUT2D eigenvalue weighted by Crippen LogP contribution is 2.27. The Kier molecular flexibility index (Phi) is 2.08. The van der Waals surface area contributed by atoms with Crippen molar-refractivity contribution >= 4 is 26.7 Å². The molecule has 3 aromatic rings. The second kappa shape index (κ2) is 3.49. The number of aromatic nitrogens is 5. The molecule has 2 N–H and O–H groups in total. The summed E-state index contributed by atoms with van der Waals surface area (Å²) in [5.41, 5.74) is 9.10. The maximum atomic E-state index is 5.67. The van der Waals surface area contributed by atoms with E-state index in [-0.39, 0.29) is 0 Å². The first-order valence-electron chi connectivity index (χ1n) is 5.04. The molecule has 0 fully saturated rings. The summed E-state index contributed by atoms with van der Waals surface area (Å²) < 4.78 is 2.74. The van der Waals surface area contributed by atoms with Crippen LogP contribution in [0.2, 0.25) is 0 Å². The van der Waals surface area contributed by atoms with Gasteiger partial charge in [-0.1, -0.05) is 16.6 Å². The highest BCUT2D eigenvalue weighted by molar-refractivity contribution is 7.22. The van der Waals surface area contributed by atoms with Crippen molar-refractivity contribution in [2.45, 2.75) is 6.92 Å². The van der Waals surface area contributed by atoms with Crippen LogP contribution in [-0.2, 0) is 7.05 Å². The van der Waals surface area contributed by atoms with Crippen LogP contribution >= 0.6 is 11.3 Å². The number of hydrogen-bond donors (Lipinski definition) is 1. The Morgan fingerprint density at radius 1 is 1.41 bits per heavy atom. The van der Waals surface area contributed by atoms with Gasteiger partial charge in [0.2, 0.25) is 0 Å². The zero-order chi connectivity index (χ0) is 12.0. The molecule has 0 amide bonds. The predicted molar refractivity (Wildman–Crippen MR) is 66.6 cm³/mol. The van der Waals surface area contributed by atoms with E-state index in [2.05, 4.69) is 20.3 Å². The minimum Gasteiger partial charge on any atom is -0.375 e. The Bertz CT molecular complexity index is 678. The summed E-state index contributed by atoms with van der Waals surface area (Å²) in [4.78, 5) is 8.55. The number of pyridine rings is 1. The van der Waals surface area contributed by atoms with Crippen molar-refractivity contribution < 1.29 is 0 Å². The first-order chi connectivity index (χ1) is 8.15. The lowest BCUT2D eigenvalue weighted by molar-refractivity contribution is 0.718. The largest absolute Gasteiger partial charge is 0.375 e. The molecule has 0 atom stereocenters. The third-order valence-corrected chi connectivity index (χ3v) is 3.38. The molecule has 0 spiro atoms. The number of fused-ring (bicyclic) bond motifs is 1. The molecule has 0 saturated carbocycles. The Hall–Kier alpha value is -2.02. The molecular formula is C10H10N6S. The summed E-state index contributed by atoms with van der Waals surface area (Å²) in [5, 5.41) is 8.54. The molecule has 0 radical (unpaired) electrons. The van der Waals surface area contributed by atoms with Gasteiger partial charge in [-0.3, -0.25) is 4.98 Å². The quantitative estimate of drug-likeness (QED) is 0.701. The highest BCUT2D eigenvalue weighted by Gasteiger charge is 2.12. The van der Waals surface area contributed by atoms with E-state index in [0.29, 0.717) is 5.13 Å². The number of aryl methyl sites for hydroxylation is 2. The van der Waals surface area contributed by atoms with Crippen LogP contribution in [0.5, 0.6) is 0 Å². The molecule has 3 heterocycles. The molecule has 0 saturated heterocycles. The van der Waals surface area contributed by atoms with Crippen molar-refractivity contribution in [3.8, 4) is 11.4 Å². The number of nitrogen functional groups attached to an aromatic ring is 1. The summed E-state index contributed by atoms with van der Waals surface area (Å²) in [7, 11) is 1.85. The van der Waals surface area contributed by atoms with Crippen LogP contribution < -0.4 is 5.73 Å². The van der Waals surface area contributed by atoms with Crippen molar-refractivity contribution in [3.63, 3.8) is 0 Å². The zero-order valence-electron chi connectivity index (χ0n) is 9.38. The fourth-order valence-corrected chi connectivity index (χ4v) is 2.53. The fraction of sp³-hybridized carbons (Fsp3) is 0.200. The van der Waals surface area contributed by atoms with E-state index in [9.17, 15) is 0 Å². The Morgan fingerprint density at radius 2 is 2.24 bits per heavy atom. The van der Waals surface area contributed by atoms with Gasteiger partial charge in [-0.05, 0) is 13.0 Å². The molecule has 0 unspecified atom stereocenters. The molecule has 3 rings (SSSR count).